The van der Waals surface area contributed by atoms with Gasteiger partial charge in [0, 0.05) is 0 Å². The van der Waals surface area contributed by atoms with Crippen molar-refractivity contribution in [1.82, 2.24) is 5.32 Å². The minimum Gasteiger partial charge on any atom is -0.460 e. The van der Waals surface area contributed by atoms with Crippen LogP contribution < -0.4 is 5.32 Å². The van der Waals surface area contributed by atoms with E-state index in [2.05, 4.69) is 5.32 Å². The minimum atomic E-state index is -1.59. The number of carbonyl (C=O) groups excluding carboxylic acids is 3. The van der Waals surface area contributed by atoms with Crippen LogP contribution in [-0.2, 0) is 37.0 Å². The summed E-state index contributed by atoms with van der Waals surface area (Å²) in [4.78, 5) is 39.4. The zero-order valence-electron chi connectivity index (χ0n) is 21.0. The second-order valence-corrected chi connectivity index (χ2v) is 9.34. The van der Waals surface area contributed by atoms with Gasteiger partial charge in [-0.2, -0.15) is 0 Å². The highest BCUT2D eigenvalue weighted by molar-refractivity contribution is 5.96. The Morgan fingerprint density at radius 1 is 0.757 bits per heavy atom. The number of esters is 2. The molecule has 0 bridgehead atoms. The zero-order chi connectivity index (χ0) is 26.8. The lowest BCUT2D eigenvalue weighted by Crippen LogP contribution is -2.43. The molecule has 3 aromatic carbocycles. The molecule has 0 saturated carbocycles. The van der Waals surface area contributed by atoms with Crippen molar-refractivity contribution in [1.29, 1.82) is 0 Å². The van der Waals surface area contributed by atoms with Crippen LogP contribution in [0.25, 0.3) is 0 Å². The van der Waals surface area contributed by atoms with E-state index >= 15 is 0 Å². The van der Waals surface area contributed by atoms with Crippen LogP contribution in [0.3, 0.4) is 0 Å². The van der Waals surface area contributed by atoms with Gasteiger partial charge in [0.25, 0.3) is 0 Å². The third-order valence-electron chi connectivity index (χ3n) is 5.19. The zero-order valence-corrected chi connectivity index (χ0v) is 21.0. The van der Waals surface area contributed by atoms with E-state index in [4.69, 9.17) is 14.2 Å². The number of hydrogen-bond donors (Lipinski definition) is 1. The number of alkyl carbamates (subject to hydrolysis) is 1. The Morgan fingerprint density at radius 3 is 1.65 bits per heavy atom. The van der Waals surface area contributed by atoms with Crippen molar-refractivity contribution in [2.24, 2.45) is 5.92 Å². The predicted molar refractivity (Wildman–Crippen MR) is 134 cm³/mol. The number of benzene rings is 3. The molecule has 1 N–H and O–H groups in total. The van der Waals surface area contributed by atoms with Gasteiger partial charge in [-0.25, -0.2) is 9.18 Å². The molecular formula is C29H30FNO6. The Kier molecular flexibility index (Phi) is 9.38. The standard InChI is InChI=1S/C29H30FNO6/c1-29(2,3)37-28(34)31-25(22-14-16-23(30)17-15-22)24(26(32)35-18-20-10-6-4-7-11-20)27(33)36-19-21-12-8-5-9-13-21/h4-17,24-25H,18-19H2,1-3H3,(H,31,34)/t25-/m1/s1. The van der Waals surface area contributed by atoms with Crippen molar-refractivity contribution in [2.75, 3.05) is 0 Å². The van der Waals surface area contributed by atoms with Crippen molar-refractivity contribution in [3.8, 4) is 0 Å². The quantitative estimate of drug-likeness (QED) is 0.234. The molecule has 1 amide bonds. The van der Waals surface area contributed by atoms with E-state index in [1.165, 1.54) is 24.3 Å². The topological polar surface area (TPSA) is 90.9 Å². The number of hydrogen-bond acceptors (Lipinski definition) is 6. The fraction of sp³-hybridized carbons (Fsp3) is 0.276. The van der Waals surface area contributed by atoms with Gasteiger partial charge in [0.05, 0.1) is 6.04 Å². The van der Waals surface area contributed by atoms with Crippen molar-refractivity contribution in [3.63, 3.8) is 0 Å². The molecule has 0 unspecified atom stereocenters. The summed E-state index contributed by atoms with van der Waals surface area (Å²) in [5, 5.41) is 2.58. The van der Waals surface area contributed by atoms with Gasteiger partial charge >= 0.3 is 18.0 Å². The molecule has 1 atom stereocenters. The normalized spacial score (nSPS) is 11.9. The molecule has 194 valence electrons. The van der Waals surface area contributed by atoms with Crippen LogP contribution in [0.2, 0.25) is 0 Å². The Balaban J connectivity index is 1.91. The molecule has 0 aromatic heterocycles. The minimum absolute atomic E-state index is 0.0925. The fourth-order valence-electron chi connectivity index (χ4n) is 3.47. The highest BCUT2D eigenvalue weighted by Gasteiger charge is 2.40. The molecule has 0 heterocycles. The molecule has 0 saturated heterocycles. The van der Waals surface area contributed by atoms with Gasteiger partial charge in [0.2, 0.25) is 0 Å². The molecule has 0 aliphatic rings. The first-order valence-corrected chi connectivity index (χ1v) is 11.8. The highest BCUT2D eigenvalue weighted by atomic mass is 19.1. The summed E-state index contributed by atoms with van der Waals surface area (Å²) in [6.07, 6.45) is -0.862. The fourth-order valence-corrected chi connectivity index (χ4v) is 3.47. The molecule has 0 radical (unpaired) electrons. The Labute approximate surface area is 215 Å². The molecule has 7 nitrogen and oxygen atoms in total. The first kappa shape index (κ1) is 27.4. The number of rotatable bonds is 9. The van der Waals surface area contributed by atoms with Crippen LogP contribution in [-0.4, -0.2) is 23.6 Å². The molecular weight excluding hydrogens is 477 g/mol. The van der Waals surface area contributed by atoms with Gasteiger partial charge in [-0.3, -0.25) is 9.59 Å². The Morgan fingerprint density at radius 2 is 1.22 bits per heavy atom. The SMILES string of the molecule is CC(C)(C)OC(=O)N[C@H](c1ccc(F)cc1)C(C(=O)OCc1ccccc1)C(=O)OCc1ccccc1. The summed E-state index contributed by atoms with van der Waals surface area (Å²) < 4.78 is 30.0. The predicted octanol–water partition coefficient (Wildman–Crippen LogP) is 5.49. The molecule has 8 heteroatoms. The second-order valence-electron chi connectivity index (χ2n) is 9.34. The third kappa shape index (κ3) is 8.75. The monoisotopic (exact) mass is 507 g/mol. The van der Waals surface area contributed by atoms with Crippen molar-refractivity contribution >= 4 is 18.0 Å². The maximum atomic E-state index is 13.7. The summed E-state index contributed by atoms with van der Waals surface area (Å²) in [5.74, 6) is -3.93. The molecule has 0 spiro atoms. The number of nitrogens with one attached hydrogen (secondary N) is 1. The smallest absolute Gasteiger partial charge is 0.408 e. The second kappa shape index (κ2) is 12.7. The van der Waals surface area contributed by atoms with Gasteiger partial charge in [-0.05, 0) is 49.6 Å². The van der Waals surface area contributed by atoms with Crippen LogP contribution in [0.4, 0.5) is 9.18 Å². The highest BCUT2D eigenvalue weighted by Crippen LogP contribution is 2.27. The Bertz CT molecular complexity index is 1120. The van der Waals surface area contributed by atoms with Crippen LogP contribution >= 0.6 is 0 Å². The van der Waals surface area contributed by atoms with Crippen molar-refractivity contribution in [2.45, 2.75) is 45.6 Å². The summed E-state index contributed by atoms with van der Waals surface area (Å²) in [7, 11) is 0. The molecule has 3 aromatic rings. The largest absolute Gasteiger partial charge is 0.460 e. The van der Waals surface area contributed by atoms with E-state index < -0.39 is 41.4 Å². The third-order valence-corrected chi connectivity index (χ3v) is 5.19. The van der Waals surface area contributed by atoms with Gasteiger partial charge in [0.15, 0.2) is 5.92 Å². The Hall–Kier alpha value is -4.20. The average Bonchev–Trinajstić information content (AvgIpc) is 2.86. The maximum absolute atomic E-state index is 13.7. The van der Waals surface area contributed by atoms with E-state index in [1.54, 1.807) is 69.3 Å². The van der Waals surface area contributed by atoms with Crippen LogP contribution in [0.15, 0.2) is 84.9 Å². The molecule has 37 heavy (non-hydrogen) atoms. The van der Waals surface area contributed by atoms with Crippen molar-refractivity contribution in [3.05, 3.63) is 107 Å². The molecule has 0 fully saturated rings. The average molecular weight is 508 g/mol. The van der Waals surface area contributed by atoms with Gasteiger partial charge < -0.3 is 19.5 Å². The number of amides is 1. The lowest BCUT2D eigenvalue weighted by atomic mass is 9.92. The lowest BCUT2D eigenvalue weighted by molar-refractivity contribution is -0.165. The molecule has 0 aliphatic heterocycles. The maximum Gasteiger partial charge on any atom is 0.408 e. The lowest BCUT2D eigenvalue weighted by Gasteiger charge is -2.28. The van der Waals surface area contributed by atoms with E-state index in [0.29, 0.717) is 16.7 Å². The first-order valence-electron chi connectivity index (χ1n) is 11.8. The number of carbonyl (C=O) groups is 3. The van der Waals surface area contributed by atoms with Crippen molar-refractivity contribution < 1.29 is 33.0 Å². The summed E-state index contributed by atoms with van der Waals surface area (Å²) >= 11 is 0. The summed E-state index contributed by atoms with van der Waals surface area (Å²) in [6, 6.07) is 21.7. The molecule has 0 aliphatic carbocycles. The van der Waals surface area contributed by atoms with Gasteiger partial charge in [-0.15, -0.1) is 0 Å². The summed E-state index contributed by atoms with van der Waals surface area (Å²) in [6.45, 7) is 4.85. The van der Waals surface area contributed by atoms with Gasteiger partial charge in [0.1, 0.15) is 24.6 Å². The first-order chi connectivity index (χ1) is 17.6. The molecule has 3 rings (SSSR count). The number of halogens is 1. The van der Waals surface area contributed by atoms with Crippen LogP contribution in [0, 0.1) is 11.7 Å². The van der Waals surface area contributed by atoms with E-state index in [9.17, 15) is 18.8 Å². The summed E-state index contributed by atoms with van der Waals surface area (Å²) in [5.41, 5.74) is 0.885. The van der Waals surface area contributed by atoms with E-state index in [0.717, 1.165) is 0 Å². The van der Waals surface area contributed by atoms with Crippen LogP contribution in [0.1, 0.15) is 43.5 Å². The van der Waals surface area contributed by atoms with Crippen LogP contribution in [0.5, 0.6) is 0 Å². The van der Waals surface area contributed by atoms with Gasteiger partial charge in [-0.1, -0.05) is 72.8 Å². The van der Waals surface area contributed by atoms with E-state index in [1.807, 2.05) is 12.1 Å². The number of ether oxygens (including phenoxy) is 3. The van der Waals surface area contributed by atoms with E-state index in [-0.39, 0.29) is 13.2 Å².